The van der Waals surface area contributed by atoms with Gasteiger partial charge in [0.05, 0.1) is 0 Å². The zero-order valence-electron chi connectivity index (χ0n) is 11.7. The van der Waals surface area contributed by atoms with Crippen LogP contribution in [0.15, 0.2) is 35.1 Å². The minimum atomic E-state index is -0.195. The summed E-state index contributed by atoms with van der Waals surface area (Å²) in [5.74, 6) is 1.02. The molecule has 2 aromatic heterocycles. The van der Waals surface area contributed by atoms with Gasteiger partial charge in [0.25, 0.3) is 5.91 Å². The van der Waals surface area contributed by atoms with E-state index in [1.54, 1.807) is 18.5 Å². The second kappa shape index (κ2) is 6.49. The molecule has 1 aliphatic heterocycles. The maximum absolute atomic E-state index is 12.0. The molecule has 0 aliphatic carbocycles. The first-order valence-electron chi connectivity index (χ1n) is 7.19. The maximum atomic E-state index is 12.0. The molecule has 1 atom stereocenters. The zero-order valence-corrected chi connectivity index (χ0v) is 11.7. The van der Waals surface area contributed by atoms with Crippen molar-refractivity contribution in [3.8, 4) is 11.3 Å². The van der Waals surface area contributed by atoms with Gasteiger partial charge in [-0.3, -0.25) is 9.78 Å². The average molecular weight is 286 g/mol. The van der Waals surface area contributed by atoms with Gasteiger partial charge in [0, 0.05) is 30.6 Å². The average Bonchev–Trinajstić information content (AvgIpc) is 3.20. The lowest BCUT2D eigenvalue weighted by Crippen LogP contribution is -2.26. The van der Waals surface area contributed by atoms with E-state index < -0.39 is 0 Å². The van der Waals surface area contributed by atoms with Crippen molar-refractivity contribution >= 4 is 5.91 Å². The van der Waals surface area contributed by atoms with Crippen LogP contribution in [-0.4, -0.2) is 35.7 Å². The molecule has 1 unspecified atom stereocenters. The van der Waals surface area contributed by atoms with Gasteiger partial charge >= 0.3 is 0 Å². The molecule has 0 bridgehead atoms. The highest BCUT2D eigenvalue weighted by Crippen LogP contribution is 2.18. The third-order valence-corrected chi connectivity index (χ3v) is 3.69. The molecule has 0 spiro atoms. The van der Waals surface area contributed by atoms with Crippen LogP contribution in [0.3, 0.4) is 0 Å². The van der Waals surface area contributed by atoms with E-state index in [-0.39, 0.29) is 5.91 Å². The number of carbonyl (C=O) groups is 1. The number of nitrogens with zero attached hydrogens (tertiary/aromatic N) is 2. The lowest BCUT2D eigenvalue weighted by molar-refractivity contribution is 0.0942. The van der Waals surface area contributed by atoms with Crippen LogP contribution in [0.25, 0.3) is 11.3 Å². The van der Waals surface area contributed by atoms with Crippen LogP contribution in [0.4, 0.5) is 0 Å². The standard InChI is InChI=1S/C15H18N4O2/c20-15(18-7-4-11-3-6-17-9-11)13-8-14(21-19-13)12-2-1-5-16-10-12/h1-2,5,8,10-11,17H,3-4,6-7,9H2,(H,18,20). The largest absolute Gasteiger partial charge is 0.355 e. The molecule has 0 aromatic carbocycles. The van der Waals surface area contributed by atoms with Gasteiger partial charge in [0.15, 0.2) is 11.5 Å². The van der Waals surface area contributed by atoms with Crippen LogP contribution in [-0.2, 0) is 0 Å². The zero-order chi connectivity index (χ0) is 14.5. The Kier molecular flexibility index (Phi) is 4.25. The first-order chi connectivity index (χ1) is 10.3. The van der Waals surface area contributed by atoms with Gasteiger partial charge in [0.1, 0.15) is 0 Å². The molecule has 0 saturated carbocycles. The molecule has 2 N–H and O–H groups in total. The van der Waals surface area contributed by atoms with Crippen molar-refractivity contribution in [2.24, 2.45) is 5.92 Å². The highest BCUT2D eigenvalue weighted by molar-refractivity contribution is 5.93. The van der Waals surface area contributed by atoms with E-state index in [0.717, 1.165) is 25.1 Å². The molecule has 1 saturated heterocycles. The Hall–Kier alpha value is -2.21. The molecule has 3 heterocycles. The third kappa shape index (κ3) is 3.46. The quantitative estimate of drug-likeness (QED) is 0.870. The van der Waals surface area contributed by atoms with Crippen LogP contribution in [0.2, 0.25) is 0 Å². The Balaban J connectivity index is 1.54. The maximum Gasteiger partial charge on any atom is 0.273 e. The predicted molar refractivity (Wildman–Crippen MR) is 77.7 cm³/mol. The Morgan fingerprint density at radius 1 is 1.52 bits per heavy atom. The Bertz CT molecular complexity index is 591. The molecular weight excluding hydrogens is 268 g/mol. The molecule has 6 heteroatoms. The van der Waals surface area contributed by atoms with Crippen molar-refractivity contribution in [2.75, 3.05) is 19.6 Å². The summed E-state index contributed by atoms with van der Waals surface area (Å²) in [6.07, 6.45) is 5.54. The van der Waals surface area contributed by atoms with E-state index in [1.807, 2.05) is 12.1 Å². The summed E-state index contributed by atoms with van der Waals surface area (Å²) in [6.45, 7) is 2.79. The van der Waals surface area contributed by atoms with Gasteiger partial charge in [0.2, 0.25) is 0 Å². The number of hydrogen-bond donors (Lipinski definition) is 2. The number of rotatable bonds is 5. The third-order valence-electron chi connectivity index (χ3n) is 3.69. The normalized spacial score (nSPS) is 17.8. The van der Waals surface area contributed by atoms with Crippen LogP contribution < -0.4 is 10.6 Å². The molecule has 1 fully saturated rings. The fraction of sp³-hybridized carbons (Fsp3) is 0.400. The van der Waals surface area contributed by atoms with Gasteiger partial charge in [-0.05, 0) is 44.0 Å². The van der Waals surface area contributed by atoms with Crippen molar-refractivity contribution in [3.63, 3.8) is 0 Å². The van der Waals surface area contributed by atoms with E-state index in [2.05, 4.69) is 20.8 Å². The van der Waals surface area contributed by atoms with E-state index in [4.69, 9.17) is 4.52 Å². The van der Waals surface area contributed by atoms with E-state index in [9.17, 15) is 4.79 Å². The van der Waals surface area contributed by atoms with Gasteiger partial charge in [-0.2, -0.15) is 0 Å². The highest BCUT2D eigenvalue weighted by atomic mass is 16.5. The molecule has 0 radical (unpaired) electrons. The molecule has 1 amide bonds. The summed E-state index contributed by atoms with van der Waals surface area (Å²) in [4.78, 5) is 16.0. The molecule has 2 aromatic rings. The lowest BCUT2D eigenvalue weighted by Gasteiger charge is -2.07. The van der Waals surface area contributed by atoms with Crippen molar-refractivity contribution in [3.05, 3.63) is 36.3 Å². The molecular formula is C15H18N4O2. The summed E-state index contributed by atoms with van der Waals surface area (Å²) >= 11 is 0. The summed E-state index contributed by atoms with van der Waals surface area (Å²) in [7, 11) is 0. The topological polar surface area (TPSA) is 80.0 Å². The molecule has 6 nitrogen and oxygen atoms in total. The van der Waals surface area contributed by atoms with Crippen molar-refractivity contribution in [1.29, 1.82) is 0 Å². The number of nitrogens with one attached hydrogen (secondary N) is 2. The van der Waals surface area contributed by atoms with Crippen LogP contribution in [0.1, 0.15) is 23.3 Å². The monoisotopic (exact) mass is 286 g/mol. The van der Waals surface area contributed by atoms with Gasteiger partial charge in [-0.1, -0.05) is 5.16 Å². The second-order valence-corrected chi connectivity index (χ2v) is 5.22. The summed E-state index contributed by atoms with van der Waals surface area (Å²) in [5, 5.41) is 10.0. The fourth-order valence-corrected chi connectivity index (χ4v) is 2.47. The Morgan fingerprint density at radius 3 is 3.24 bits per heavy atom. The van der Waals surface area contributed by atoms with Crippen LogP contribution in [0, 0.1) is 5.92 Å². The number of amides is 1. The van der Waals surface area contributed by atoms with Gasteiger partial charge < -0.3 is 15.2 Å². The summed E-state index contributed by atoms with van der Waals surface area (Å²) in [6, 6.07) is 5.32. The van der Waals surface area contributed by atoms with E-state index >= 15 is 0 Å². The first kappa shape index (κ1) is 13.8. The van der Waals surface area contributed by atoms with Crippen LogP contribution in [0.5, 0.6) is 0 Å². The first-order valence-corrected chi connectivity index (χ1v) is 7.19. The lowest BCUT2D eigenvalue weighted by atomic mass is 10.1. The predicted octanol–water partition coefficient (Wildman–Crippen LogP) is 1.47. The number of hydrogen-bond acceptors (Lipinski definition) is 5. The smallest absolute Gasteiger partial charge is 0.273 e. The van der Waals surface area contributed by atoms with E-state index in [1.165, 1.54) is 6.42 Å². The number of pyridine rings is 1. The number of carbonyl (C=O) groups excluding carboxylic acids is 1. The molecule has 1 aliphatic rings. The SMILES string of the molecule is O=C(NCCC1CCNC1)c1cc(-c2cccnc2)on1. The molecule has 3 rings (SSSR count). The van der Waals surface area contributed by atoms with E-state index in [0.29, 0.717) is 23.9 Å². The number of aromatic nitrogens is 2. The minimum absolute atomic E-state index is 0.195. The second-order valence-electron chi connectivity index (χ2n) is 5.22. The Morgan fingerprint density at radius 2 is 2.48 bits per heavy atom. The van der Waals surface area contributed by atoms with Gasteiger partial charge in [-0.25, -0.2) is 0 Å². The molecule has 110 valence electrons. The summed E-state index contributed by atoms with van der Waals surface area (Å²) < 4.78 is 5.19. The van der Waals surface area contributed by atoms with Gasteiger partial charge in [-0.15, -0.1) is 0 Å². The Labute approximate surface area is 122 Å². The highest BCUT2D eigenvalue weighted by Gasteiger charge is 2.16. The molecule has 21 heavy (non-hydrogen) atoms. The minimum Gasteiger partial charge on any atom is -0.355 e. The van der Waals surface area contributed by atoms with Crippen molar-refractivity contribution in [2.45, 2.75) is 12.8 Å². The van der Waals surface area contributed by atoms with Crippen LogP contribution >= 0.6 is 0 Å². The van der Waals surface area contributed by atoms with Crippen molar-refractivity contribution < 1.29 is 9.32 Å². The summed E-state index contributed by atoms with van der Waals surface area (Å²) in [5.41, 5.74) is 1.11. The van der Waals surface area contributed by atoms with Crippen molar-refractivity contribution in [1.82, 2.24) is 20.8 Å². The fourth-order valence-electron chi connectivity index (χ4n) is 2.47.